The average Bonchev–Trinajstić information content (AvgIpc) is 2.86. The molecule has 0 aromatic carbocycles. The van der Waals surface area contributed by atoms with Crippen LogP contribution in [0.15, 0.2) is 12.3 Å². The highest BCUT2D eigenvalue weighted by atomic mass is 16.5. The van der Waals surface area contributed by atoms with Gasteiger partial charge < -0.3 is 9.84 Å². The minimum atomic E-state index is -1.17. The number of rotatable bonds is 3. The number of aromatic nitrogens is 2. The van der Waals surface area contributed by atoms with Crippen molar-refractivity contribution in [1.82, 2.24) is 9.78 Å². The standard InChI is InChI=1S/C10H14N2O3/c1-2-12-8(4-6-11-12)10(9(13)14)5-3-7-15-10/h4,6H,2-3,5,7H2,1H3,(H,13,14). The quantitative estimate of drug-likeness (QED) is 0.808. The molecular formula is C10H14N2O3. The van der Waals surface area contributed by atoms with E-state index in [1.54, 1.807) is 16.9 Å². The molecule has 0 radical (unpaired) electrons. The first kappa shape index (κ1) is 10.2. The number of aliphatic carboxylic acids is 1. The van der Waals surface area contributed by atoms with E-state index in [1.165, 1.54) is 0 Å². The first-order valence-corrected chi connectivity index (χ1v) is 5.10. The summed E-state index contributed by atoms with van der Waals surface area (Å²) in [5.41, 5.74) is -0.526. The van der Waals surface area contributed by atoms with Crippen LogP contribution < -0.4 is 0 Å². The highest BCUT2D eigenvalue weighted by Gasteiger charge is 2.46. The molecule has 0 amide bonds. The molecule has 0 saturated carbocycles. The fourth-order valence-electron chi connectivity index (χ4n) is 2.05. The van der Waals surface area contributed by atoms with Gasteiger partial charge in [-0.2, -0.15) is 5.10 Å². The first-order valence-electron chi connectivity index (χ1n) is 5.10. The second-order valence-electron chi connectivity index (χ2n) is 3.62. The number of carboxylic acid groups (broad SMARTS) is 1. The topological polar surface area (TPSA) is 64.4 Å². The highest BCUT2D eigenvalue weighted by molar-refractivity contribution is 5.79. The number of nitrogens with zero attached hydrogens (tertiary/aromatic N) is 2. The van der Waals surface area contributed by atoms with Crippen molar-refractivity contribution in [1.29, 1.82) is 0 Å². The molecule has 0 bridgehead atoms. The van der Waals surface area contributed by atoms with E-state index in [-0.39, 0.29) is 0 Å². The van der Waals surface area contributed by atoms with Gasteiger partial charge in [0.1, 0.15) is 0 Å². The first-order chi connectivity index (χ1) is 7.20. The molecular weight excluding hydrogens is 196 g/mol. The van der Waals surface area contributed by atoms with Crippen LogP contribution in [-0.2, 0) is 21.7 Å². The van der Waals surface area contributed by atoms with Crippen LogP contribution in [0, 0.1) is 0 Å². The summed E-state index contributed by atoms with van der Waals surface area (Å²) >= 11 is 0. The SMILES string of the molecule is CCn1nccc1C1(C(=O)O)CCCO1. The van der Waals surface area contributed by atoms with E-state index in [1.807, 2.05) is 6.92 Å². The van der Waals surface area contributed by atoms with Crippen LogP contribution >= 0.6 is 0 Å². The van der Waals surface area contributed by atoms with Crippen LogP contribution in [0.5, 0.6) is 0 Å². The fraction of sp³-hybridized carbons (Fsp3) is 0.600. The Morgan fingerprint density at radius 1 is 1.80 bits per heavy atom. The van der Waals surface area contributed by atoms with Crippen molar-refractivity contribution in [3.63, 3.8) is 0 Å². The largest absolute Gasteiger partial charge is 0.479 e. The summed E-state index contributed by atoms with van der Waals surface area (Å²) in [6.45, 7) is 3.09. The molecule has 1 aliphatic heterocycles. The van der Waals surface area contributed by atoms with Crippen molar-refractivity contribution in [2.75, 3.05) is 6.61 Å². The maximum Gasteiger partial charge on any atom is 0.342 e. The average molecular weight is 210 g/mol. The van der Waals surface area contributed by atoms with E-state index in [0.29, 0.717) is 25.3 Å². The Bertz CT molecular complexity index is 366. The van der Waals surface area contributed by atoms with E-state index in [2.05, 4.69) is 5.10 Å². The molecule has 2 rings (SSSR count). The van der Waals surface area contributed by atoms with Gasteiger partial charge in [-0.25, -0.2) is 4.79 Å². The molecule has 1 N–H and O–H groups in total. The Kier molecular flexibility index (Phi) is 2.48. The van der Waals surface area contributed by atoms with Gasteiger partial charge in [0.2, 0.25) is 5.60 Å². The van der Waals surface area contributed by atoms with Crippen molar-refractivity contribution < 1.29 is 14.6 Å². The van der Waals surface area contributed by atoms with Crippen molar-refractivity contribution in [2.24, 2.45) is 0 Å². The summed E-state index contributed by atoms with van der Waals surface area (Å²) in [5.74, 6) is -0.921. The summed E-state index contributed by atoms with van der Waals surface area (Å²) in [7, 11) is 0. The van der Waals surface area contributed by atoms with Gasteiger partial charge >= 0.3 is 5.97 Å². The van der Waals surface area contributed by atoms with Crippen molar-refractivity contribution >= 4 is 5.97 Å². The van der Waals surface area contributed by atoms with Gasteiger partial charge in [0.25, 0.3) is 0 Å². The molecule has 2 heterocycles. The van der Waals surface area contributed by atoms with Gasteiger partial charge in [0.15, 0.2) is 0 Å². The van der Waals surface area contributed by atoms with Crippen LogP contribution in [0.25, 0.3) is 0 Å². The molecule has 0 aliphatic carbocycles. The number of ether oxygens (including phenoxy) is 1. The molecule has 1 fully saturated rings. The lowest BCUT2D eigenvalue weighted by Gasteiger charge is -2.23. The van der Waals surface area contributed by atoms with E-state index >= 15 is 0 Å². The van der Waals surface area contributed by atoms with Crippen molar-refractivity contribution in [2.45, 2.75) is 31.9 Å². The lowest BCUT2D eigenvalue weighted by atomic mass is 9.96. The van der Waals surface area contributed by atoms with E-state index in [9.17, 15) is 9.90 Å². The number of carbonyl (C=O) groups is 1. The van der Waals surface area contributed by atoms with Gasteiger partial charge in [0.05, 0.1) is 5.69 Å². The minimum absolute atomic E-state index is 0.501. The third-order valence-electron chi connectivity index (χ3n) is 2.80. The Balaban J connectivity index is 2.45. The summed E-state index contributed by atoms with van der Waals surface area (Å²) in [6.07, 6.45) is 2.92. The fourth-order valence-corrected chi connectivity index (χ4v) is 2.05. The second kappa shape index (κ2) is 3.66. The Labute approximate surface area is 87.7 Å². The molecule has 15 heavy (non-hydrogen) atoms. The van der Waals surface area contributed by atoms with E-state index < -0.39 is 11.6 Å². The number of aryl methyl sites for hydroxylation is 1. The van der Waals surface area contributed by atoms with Crippen LogP contribution in [0.1, 0.15) is 25.5 Å². The maximum atomic E-state index is 11.3. The molecule has 1 aromatic rings. The number of hydrogen-bond donors (Lipinski definition) is 1. The Morgan fingerprint density at radius 3 is 3.13 bits per heavy atom. The van der Waals surface area contributed by atoms with Crippen LogP contribution in [-0.4, -0.2) is 27.5 Å². The summed E-state index contributed by atoms with van der Waals surface area (Å²) in [4.78, 5) is 11.3. The molecule has 1 unspecified atom stereocenters. The monoisotopic (exact) mass is 210 g/mol. The van der Waals surface area contributed by atoms with Crippen molar-refractivity contribution in [3.05, 3.63) is 18.0 Å². The lowest BCUT2D eigenvalue weighted by molar-refractivity contribution is -0.162. The van der Waals surface area contributed by atoms with Gasteiger partial charge in [0, 0.05) is 19.3 Å². The molecule has 1 saturated heterocycles. The van der Waals surface area contributed by atoms with Crippen molar-refractivity contribution in [3.8, 4) is 0 Å². The number of carboxylic acids is 1. The number of hydrogen-bond acceptors (Lipinski definition) is 3. The zero-order chi connectivity index (χ0) is 10.9. The van der Waals surface area contributed by atoms with Crippen LogP contribution in [0.3, 0.4) is 0 Å². The summed E-state index contributed by atoms with van der Waals surface area (Å²) in [5, 5.41) is 13.4. The third kappa shape index (κ3) is 1.43. The lowest BCUT2D eigenvalue weighted by Crippen LogP contribution is -2.37. The maximum absolute atomic E-state index is 11.3. The zero-order valence-corrected chi connectivity index (χ0v) is 8.64. The predicted octanol–water partition coefficient (Wildman–Crippen LogP) is 0.993. The smallest absolute Gasteiger partial charge is 0.342 e. The molecule has 0 spiro atoms. The van der Waals surface area contributed by atoms with Gasteiger partial charge in [-0.15, -0.1) is 0 Å². The Morgan fingerprint density at radius 2 is 2.60 bits per heavy atom. The molecule has 1 aromatic heterocycles. The van der Waals surface area contributed by atoms with Gasteiger partial charge in [-0.1, -0.05) is 0 Å². The predicted molar refractivity (Wildman–Crippen MR) is 52.4 cm³/mol. The highest BCUT2D eigenvalue weighted by Crippen LogP contribution is 2.36. The van der Waals surface area contributed by atoms with Crippen LogP contribution in [0.4, 0.5) is 0 Å². The van der Waals surface area contributed by atoms with E-state index in [4.69, 9.17) is 4.74 Å². The normalized spacial score (nSPS) is 25.7. The van der Waals surface area contributed by atoms with Gasteiger partial charge in [-0.05, 0) is 25.8 Å². The van der Waals surface area contributed by atoms with E-state index in [0.717, 1.165) is 6.42 Å². The summed E-state index contributed by atoms with van der Waals surface area (Å²) in [6, 6.07) is 1.73. The molecule has 1 atom stereocenters. The molecule has 5 nitrogen and oxygen atoms in total. The second-order valence-corrected chi connectivity index (χ2v) is 3.62. The third-order valence-corrected chi connectivity index (χ3v) is 2.80. The minimum Gasteiger partial charge on any atom is -0.479 e. The van der Waals surface area contributed by atoms with Gasteiger partial charge in [-0.3, -0.25) is 4.68 Å². The van der Waals surface area contributed by atoms with Crippen LogP contribution in [0.2, 0.25) is 0 Å². The molecule has 82 valence electrons. The Hall–Kier alpha value is -1.36. The molecule has 1 aliphatic rings. The zero-order valence-electron chi connectivity index (χ0n) is 8.64. The molecule has 5 heteroatoms. The summed E-state index contributed by atoms with van der Waals surface area (Å²) < 4.78 is 7.11.